The SMILES string of the molecule is O=C(O)c1cccc(-c2ccc(=O)[nH]n2)c1. The fourth-order valence-electron chi connectivity index (χ4n) is 1.32. The van der Waals surface area contributed by atoms with Gasteiger partial charge in [0.25, 0.3) is 5.56 Å². The van der Waals surface area contributed by atoms with Gasteiger partial charge in [0.15, 0.2) is 0 Å². The smallest absolute Gasteiger partial charge is 0.335 e. The summed E-state index contributed by atoms with van der Waals surface area (Å²) >= 11 is 0. The Labute approximate surface area is 90.4 Å². The van der Waals surface area contributed by atoms with Crippen molar-refractivity contribution in [3.8, 4) is 11.3 Å². The zero-order chi connectivity index (χ0) is 11.5. The third kappa shape index (κ3) is 1.98. The summed E-state index contributed by atoms with van der Waals surface area (Å²) in [6.45, 7) is 0. The molecule has 0 aliphatic heterocycles. The number of aromatic amines is 1. The molecule has 0 unspecified atom stereocenters. The Balaban J connectivity index is 2.48. The summed E-state index contributed by atoms with van der Waals surface area (Å²) in [6, 6.07) is 9.24. The van der Waals surface area contributed by atoms with E-state index in [4.69, 9.17) is 5.11 Å². The number of hydrogen-bond donors (Lipinski definition) is 2. The Morgan fingerprint density at radius 1 is 1.25 bits per heavy atom. The second-order valence-electron chi connectivity index (χ2n) is 3.19. The van der Waals surface area contributed by atoms with Gasteiger partial charge in [-0.3, -0.25) is 4.79 Å². The summed E-state index contributed by atoms with van der Waals surface area (Å²) in [5, 5.41) is 14.9. The third-order valence-electron chi connectivity index (χ3n) is 2.08. The highest BCUT2D eigenvalue weighted by Gasteiger charge is 2.05. The van der Waals surface area contributed by atoms with Crippen molar-refractivity contribution in [3.05, 3.63) is 52.3 Å². The van der Waals surface area contributed by atoms with Crippen LogP contribution in [-0.2, 0) is 0 Å². The third-order valence-corrected chi connectivity index (χ3v) is 2.08. The lowest BCUT2D eigenvalue weighted by molar-refractivity contribution is 0.0697. The van der Waals surface area contributed by atoms with Gasteiger partial charge in [-0.15, -0.1) is 0 Å². The first-order chi connectivity index (χ1) is 7.66. The van der Waals surface area contributed by atoms with Gasteiger partial charge in [0.2, 0.25) is 0 Å². The Hall–Kier alpha value is -2.43. The van der Waals surface area contributed by atoms with Crippen LogP contribution in [0.3, 0.4) is 0 Å². The average molecular weight is 216 g/mol. The van der Waals surface area contributed by atoms with Crippen LogP contribution in [0.4, 0.5) is 0 Å². The van der Waals surface area contributed by atoms with E-state index in [1.165, 1.54) is 18.2 Å². The molecule has 0 saturated carbocycles. The quantitative estimate of drug-likeness (QED) is 0.788. The maximum atomic E-state index is 10.8. The number of hydrogen-bond acceptors (Lipinski definition) is 3. The van der Waals surface area contributed by atoms with Crippen LogP contribution in [0.2, 0.25) is 0 Å². The maximum Gasteiger partial charge on any atom is 0.335 e. The summed E-state index contributed by atoms with van der Waals surface area (Å²) in [6.07, 6.45) is 0. The van der Waals surface area contributed by atoms with Crippen LogP contribution in [0, 0.1) is 0 Å². The van der Waals surface area contributed by atoms with E-state index in [-0.39, 0.29) is 11.1 Å². The van der Waals surface area contributed by atoms with Crippen molar-refractivity contribution in [2.45, 2.75) is 0 Å². The molecule has 0 bridgehead atoms. The lowest BCUT2D eigenvalue weighted by Gasteiger charge is -2.00. The molecule has 1 aromatic heterocycles. The highest BCUT2D eigenvalue weighted by molar-refractivity contribution is 5.89. The molecule has 16 heavy (non-hydrogen) atoms. The molecule has 5 nitrogen and oxygen atoms in total. The molecule has 0 aliphatic carbocycles. The van der Waals surface area contributed by atoms with Crippen LogP contribution in [0.15, 0.2) is 41.2 Å². The van der Waals surface area contributed by atoms with Crippen LogP contribution in [-0.4, -0.2) is 21.3 Å². The molecule has 1 aromatic carbocycles. The first kappa shape index (κ1) is 10.1. The number of carboxylic acid groups (broad SMARTS) is 1. The molecule has 2 aromatic rings. The number of carbonyl (C=O) groups is 1. The molecule has 0 radical (unpaired) electrons. The predicted molar refractivity (Wildman–Crippen MR) is 57.3 cm³/mol. The van der Waals surface area contributed by atoms with Gasteiger partial charge in [-0.25, -0.2) is 9.89 Å². The van der Waals surface area contributed by atoms with Gasteiger partial charge in [-0.1, -0.05) is 12.1 Å². The summed E-state index contributed by atoms with van der Waals surface area (Å²) < 4.78 is 0. The van der Waals surface area contributed by atoms with Crippen LogP contribution in [0.5, 0.6) is 0 Å². The zero-order valence-electron chi connectivity index (χ0n) is 8.18. The topological polar surface area (TPSA) is 83.0 Å². The van der Waals surface area contributed by atoms with Crippen LogP contribution in [0.25, 0.3) is 11.3 Å². The van der Waals surface area contributed by atoms with Gasteiger partial charge in [0, 0.05) is 11.6 Å². The number of nitrogens with zero attached hydrogens (tertiary/aromatic N) is 1. The molecule has 0 atom stereocenters. The maximum absolute atomic E-state index is 10.8. The van der Waals surface area contributed by atoms with Crippen molar-refractivity contribution in [1.29, 1.82) is 0 Å². The molecule has 0 fully saturated rings. The van der Waals surface area contributed by atoms with Crippen molar-refractivity contribution in [3.63, 3.8) is 0 Å². The highest BCUT2D eigenvalue weighted by Crippen LogP contribution is 2.16. The van der Waals surface area contributed by atoms with Gasteiger partial charge in [-0.05, 0) is 18.2 Å². The fraction of sp³-hybridized carbons (Fsp3) is 0. The number of aromatic nitrogens is 2. The Bertz CT molecular complexity index is 569. The number of rotatable bonds is 2. The Morgan fingerprint density at radius 2 is 2.06 bits per heavy atom. The fourth-order valence-corrected chi connectivity index (χ4v) is 1.32. The highest BCUT2D eigenvalue weighted by atomic mass is 16.4. The standard InChI is InChI=1S/C11H8N2O3/c14-10-5-4-9(12-13-10)7-2-1-3-8(6-7)11(15)16/h1-6H,(H,13,14)(H,15,16). The molecule has 0 saturated heterocycles. The zero-order valence-corrected chi connectivity index (χ0v) is 8.18. The van der Waals surface area contributed by atoms with E-state index >= 15 is 0 Å². The number of aromatic carboxylic acids is 1. The minimum atomic E-state index is -0.994. The van der Waals surface area contributed by atoms with E-state index in [1.807, 2.05) is 0 Å². The second kappa shape index (κ2) is 3.98. The first-order valence-corrected chi connectivity index (χ1v) is 4.56. The minimum absolute atomic E-state index is 0.186. The van der Waals surface area contributed by atoms with Crippen molar-refractivity contribution >= 4 is 5.97 Å². The molecule has 5 heteroatoms. The molecule has 2 rings (SSSR count). The van der Waals surface area contributed by atoms with Gasteiger partial charge in [-0.2, -0.15) is 5.10 Å². The normalized spacial score (nSPS) is 10.0. The molecule has 0 spiro atoms. The van der Waals surface area contributed by atoms with Crippen LogP contribution in [0.1, 0.15) is 10.4 Å². The van der Waals surface area contributed by atoms with Gasteiger partial charge >= 0.3 is 5.97 Å². The number of H-pyrrole nitrogens is 1. The molecule has 2 N–H and O–H groups in total. The summed E-state index contributed by atoms with van der Waals surface area (Å²) in [5.74, 6) is -0.994. The lowest BCUT2D eigenvalue weighted by atomic mass is 10.1. The van der Waals surface area contributed by atoms with Crippen LogP contribution < -0.4 is 5.56 Å². The van der Waals surface area contributed by atoms with E-state index in [0.717, 1.165) is 0 Å². The Kier molecular flexibility index (Phi) is 2.51. The van der Waals surface area contributed by atoms with Crippen molar-refractivity contribution in [1.82, 2.24) is 10.2 Å². The Morgan fingerprint density at radius 3 is 2.69 bits per heavy atom. The summed E-state index contributed by atoms with van der Waals surface area (Å²) in [4.78, 5) is 21.6. The molecule has 1 heterocycles. The molecular formula is C11H8N2O3. The molecular weight excluding hydrogens is 208 g/mol. The number of nitrogens with one attached hydrogen (secondary N) is 1. The molecule has 0 amide bonds. The largest absolute Gasteiger partial charge is 0.478 e. The van der Waals surface area contributed by atoms with Crippen molar-refractivity contribution in [2.75, 3.05) is 0 Å². The van der Waals surface area contributed by atoms with Gasteiger partial charge < -0.3 is 5.11 Å². The predicted octanol–water partition coefficient (Wildman–Crippen LogP) is 1.14. The van der Waals surface area contributed by atoms with E-state index in [1.54, 1.807) is 18.2 Å². The second-order valence-corrected chi connectivity index (χ2v) is 3.19. The first-order valence-electron chi connectivity index (χ1n) is 4.56. The monoisotopic (exact) mass is 216 g/mol. The van der Waals surface area contributed by atoms with Crippen molar-refractivity contribution in [2.24, 2.45) is 0 Å². The van der Waals surface area contributed by atoms with E-state index in [0.29, 0.717) is 11.3 Å². The average Bonchev–Trinajstić information content (AvgIpc) is 2.30. The van der Waals surface area contributed by atoms with E-state index in [2.05, 4.69) is 10.2 Å². The molecule has 0 aliphatic rings. The van der Waals surface area contributed by atoms with E-state index < -0.39 is 5.97 Å². The number of carboxylic acids is 1. The van der Waals surface area contributed by atoms with Crippen LogP contribution >= 0.6 is 0 Å². The number of benzene rings is 1. The lowest BCUT2D eigenvalue weighted by Crippen LogP contribution is -2.05. The van der Waals surface area contributed by atoms with Crippen molar-refractivity contribution < 1.29 is 9.90 Å². The van der Waals surface area contributed by atoms with Gasteiger partial charge in [0.1, 0.15) is 0 Å². The summed E-state index contributed by atoms with van der Waals surface area (Å²) in [5.41, 5.74) is 1.07. The minimum Gasteiger partial charge on any atom is -0.478 e. The molecule has 80 valence electrons. The summed E-state index contributed by atoms with van der Waals surface area (Å²) in [7, 11) is 0. The van der Waals surface area contributed by atoms with Gasteiger partial charge in [0.05, 0.1) is 11.3 Å². The van der Waals surface area contributed by atoms with E-state index in [9.17, 15) is 9.59 Å².